The van der Waals surface area contributed by atoms with Crippen LogP contribution in [0.25, 0.3) is 6.08 Å². The van der Waals surface area contributed by atoms with Crippen LogP contribution in [0.1, 0.15) is 11.8 Å². The maximum Gasteiger partial charge on any atom is 0.471 e. The monoisotopic (exact) mass is 396 g/mol. The number of anilines is 1. The summed E-state index contributed by atoms with van der Waals surface area (Å²) in [6.45, 7) is -1.17. The van der Waals surface area contributed by atoms with Crippen LogP contribution in [0.2, 0.25) is 0 Å². The van der Waals surface area contributed by atoms with Gasteiger partial charge in [0.15, 0.2) is 12.4 Å². The van der Waals surface area contributed by atoms with E-state index in [2.05, 4.69) is 4.98 Å². The van der Waals surface area contributed by atoms with E-state index in [0.717, 1.165) is 18.3 Å². The molecule has 1 aliphatic rings. The number of carbonyl (C=O) groups excluding carboxylic acids is 1. The van der Waals surface area contributed by atoms with Gasteiger partial charge in [-0.3, -0.25) is 9.36 Å². The van der Waals surface area contributed by atoms with Gasteiger partial charge in [-0.15, -0.1) is 0 Å². The van der Waals surface area contributed by atoms with E-state index in [1.807, 2.05) is 0 Å². The highest BCUT2D eigenvalue weighted by Crippen LogP contribution is 2.31. The lowest BCUT2D eigenvalue weighted by molar-refractivity contribution is -0.173. The number of rotatable bonds is 5. The number of aliphatic hydroxyl groups is 2. The van der Waals surface area contributed by atoms with E-state index in [4.69, 9.17) is 15.6 Å². The molecule has 150 valence electrons. The summed E-state index contributed by atoms with van der Waals surface area (Å²) in [5.41, 5.74) is 4.59. The van der Waals surface area contributed by atoms with Crippen LogP contribution in [0.5, 0.6) is 0 Å². The SMILES string of the molecule is Nc1nc(=O)n([C@@H]2O[C@H](CO)C(O)[C@@H]2F)cc1/C=C/CNC(=O)C(F)(F)F. The number of halogens is 4. The standard InChI is InChI=1S/C14H16F4N4O5/c15-8-9(24)7(5-23)27-11(8)22-4-6(10(19)21-13(22)26)2-1-3-20-12(25)14(16,17)18/h1-2,4,7-9,11,23-24H,3,5H2,(H,20,25)(H2,19,21,26)/b2-1+/t7-,8+,9?,11-/m1/s1. The highest BCUT2D eigenvalue weighted by Gasteiger charge is 2.45. The molecule has 9 nitrogen and oxygen atoms in total. The number of hydrogen-bond acceptors (Lipinski definition) is 7. The summed E-state index contributed by atoms with van der Waals surface area (Å²) in [6.07, 6.45) is -8.23. The molecule has 1 amide bonds. The molecule has 4 atom stereocenters. The minimum Gasteiger partial charge on any atom is -0.394 e. The summed E-state index contributed by atoms with van der Waals surface area (Å²) in [5, 5.41) is 20.3. The van der Waals surface area contributed by atoms with Crippen molar-refractivity contribution in [2.45, 2.75) is 30.8 Å². The Balaban J connectivity index is 2.18. The summed E-state index contributed by atoms with van der Waals surface area (Å²) in [7, 11) is 0. The molecule has 0 spiro atoms. The predicted octanol–water partition coefficient (Wildman–Crippen LogP) is -0.894. The van der Waals surface area contributed by atoms with E-state index < -0.39 is 55.5 Å². The Bertz CT molecular complexity index is 782. The number of aromatic nitrogens is 2. The number of alkyl halides is 4. The van der Waals surface area contributed by atoms with Gasteiger partial charge < -0.3 is 26.0 Å². The van der Waals surface area contributed by atoms with E-state index in [0.29, 0.717) is 4.57 Å². The van der Waals surface area contributed by atoms with Crippen LogP contribution in [0, 0.1) is 0 Å². The Kier molecular flexibility index (Phi) is 6.18. The number of ether oxygens (including phenoxy) is 1. The number of nitrogens with one attached hydrogen (secondary N) is 1. The van der Waals surface area contributed by atoms with E-state index in [-0.39, 0.29) is 11.4 Å². The second-order valence-electron chi connectivity index (χ2n) is 5.56. The Morgan fingerprint density at radius 1 is 1.48 bits per heavy atom. The quantitative estimate of drug-likeness (QED) is 0.473. The number of nitrogens with zero attached hydrogens (tertiary/aromatic N) is 2. The van der Waals surface area contributed by atoms with Gasteiger partial charge in [-0.25, -0.2) is 9.18 Å². The third-order valence-electron chi connectivity index (χ3n) is 3.69. The molecule has 0 bridgehead atoms. The predicted molar refractivity (Wildman–Crippen MR) is 82.9 cm³/mol. The summed E-state index contributed by atoms with van der Waals surface area (Å²) in [6, 6.07) is 0. The fourth-order valence-corrected chi connectivity index (χ4v) is 2.32. The molecular formula is C14H16F4N4O5. The molecule has 1 saturated heterocycles. The molecule has 0 aliphatic carbocycles. The van der Waals surface area contributed by atoms with Gasteiger partial charge >= 0.3 is 17.8 Å². The van der Waals surface area contributed by atoms with E-state index in [9.17, 15) is 32.3 Å². The molecule has 0 radical (unpaired) electrons. The van der Waals surface area contributed by atoms with Crippen LogP contribution >= 0.6 is 0 Å². The van der Waals surface area contributed by atoms with Crippen LogP contribution in [0.4, 0.5) is 23.4 Å². The Morgan fingerprint density at radius 3 is 2.70 bits per heavy atom. The molecular weight excluding hydrogens is 380 g/mol. The van der Waals surface area contributed by atoms with Crippen molar-refractivity contribution in [3.05, 3.63) is 28.3 Å². The molecule has 0 aromatic carbocycles. The minimum absolute atomic E-state index is 0.0357. The van der Waals surface area contributed by atoms with Crippen molar-refractivity contribution in [2.75, 3.05) is 18.9 Å². The van der Waals surface area contributed by atoms with Crippen LogP contribution in [-0.4, -0.2) is 63.4 Å². The third-order valence-corrected chi connectivity index (χ3v) is 3.69. The van der Waals surface area contributed by atoms with Gasteiger partial charge in [0.1, 0.15) is 18.0 Å². The Labute approximate surface area is 149 Å². The third kappa shape index (κ3) is 4.61. The Hall–Kier alpha value is -2.51. The van der Waals surface area contributed by atoms with Gasteiger partial charge in [0.05, 0.1) is 6.61 Å². The van der Waals surface area contributed by atoms with Gasteiger partial charge in [-0.05, 0) is 0 Å². The fourth-order valence-electron chi connectivity index (χ4n) is 2.32. The zero-order valence-electron chi connectivity index (χ0n) is 13.6. The minimum atomic E-state index is -5.03. The highest BCUT2D eigenvalue weighted by atomic mass is 19.4. The van der Waals surface area contributed by atoms with Gasteiger partial charge in [0.2, 0.25) is 0 Å². The molecule has 27 heavy (non-hydrogen) atoms. The summed E-state index contributed by atoms with van der Waals surface area (Å²) < 4.78 is 56.2. The van der Waals surface area contributed by atoms with E-state index in [1.165, 1.54) is 0 Å². The number of amides is 1. The number of hydrogen-bond donors (Lipinski definition) is 4. The van der Waals surface area contributed by atoms with Crippen LogP contribution in [0.3, 0.4) is 0 Å². The lowest BCUT2D eigenvalue weighted by atomic mass is 10.1. The molecule has 5 N–H and O–H groups in total. The van der Waals surface area contributed by atoms with E-state index in [1.54, 1.807) is 5.32 Å². The molecule has 1 aromatic rings. The van der Waals surface area contributed by atoms with Crippen molar-refractivity contribution in [1.82, 2.24) is 14.9 Å². The van der Waals surface area contributed by atoms with Crippen molar-refractivity contribution in [2.24, 2.45) is 0 Å². The molecule has 0 saturated carbocycles. The molecule has 1 aliphatic heterocycles. The lowest BCUT2D eigenvalue weighted by Crippen LogP contribution is -2.36. The van der Waals surface area contributed by atoms with Crippen molar-refractivity contribution < 1.29 is 37.3 Å². The maximum absolute atomic E-state index is 14.1. The van der Waals surface area contributed by atoms with Gasteiger partial charge in [0.25, 0.3) is 0 Å². The molecule has 2 rings (SSSR count). The fraction of sp³-hybridized carbons (Fsp3) is 0.500. The molecule has 2 heterocycles. The second kappa shape index (κ2) is 8.02. The average molecular weight is 396 g/mol. The first-order valence-electron chi connectivity index (χ1n) is 7.55. The Morgan fingerprint density at radius 2 is 2.15 bits per heavy atom. The van der Waals surface area contributed by atoms with Crippen LogP contribution < -0.4 is 16.7 Å². The molecule has 1 aromatic heterocycles. The first kappa shape index (κ1) is 20.8. The smallest absolute Gasteiger partial charge is 0.394 e. The van der Waals surface area contributed by atoms with Crippen molar-refractivity contribution >= 4 is 17.8 Å². The first-order valence-corrected chi connectivity index (χ1v) is 7.55. The zero-order chi connectivity index (χ0) is 20.4. The number of nitrogens with two attached hydrogens (primary N) is 1. The largest absolute Gasteiger partial charge is 0.471 e. The summed E-state index contributed by atoms with van der Waals surface area (Å²) in [5.74, 6) is -2.42. The van der Waals surface area contributed by atoms with Crippen molar-refractivity contribution in [3.8, 4) is 0 Å². The number of carbonyl (C=O) groups is 1. The number of aliphatic hydroxyl groups excluding tert-OH is 2. The zero-order valence-corrected chi connectivity index (χ0v) is 13.6. The molecule has 1 fully saturated rings. The topological polar surface area (TPSA) is 140 Å². The maximum atomic E-state index is 14.1. The van der Waals surface area contributed by atoms with Crippen molar-refractivity contribution in [3.63, 3.8) is 0 Å². The van der Waals surface area contributed by atoms with Crippen molar-refractivity contribution in [1.29, 1.82) is 0 Å². The van der Waals surface area contributed by atoms with E-state index >= 15 is 0 Å². The summed E-state index contributed by atoms with van der Waals surface area (Å²) in [4.78, 5) is 26.1. The second-order valence-corrected chi connectivity index (χ2v) is 5.56. The van der Waals surface area contributed by atoms with Gasteiger partial charge in [0, 0.05) is 18.3 Å². The lowest BCUT2D eigenvalue weighted by Gasteiger charge is -2.16. The van der Waals surface area contributed by atoms with Gasteiger partial charge in [-0.1, -0.05) is 12.2 Å². The normalized spacial score (nSPS) is 25.9. The average Bonchev–Trinajstić information content (AvgIpc) is 2.87. The molecule has 1 unspecified atom stereocenters. The summed E-state index contributed by atoms with van der Waals surface area (Å²) >= 11 is 0. The molecule has 13 heteroatoms. The van der Waals surface area contributed by atoms with Gasteiger partial charge in [-0.2, -0.15) is 18.2 Å². The van der Waals surface area contributed by atoms with Crippen LogP contribution in [0.15, 0.2) is 17.1 Å². The van der Waals surface area contributed by atoms with Crippen LogP contribution in [-0.2, 0) is 9.53 Å². The number of nitrogen functional groups attached to an aromatic ring is 1. The first-order chi connectivity index (χ1) is 12.6. The highest BCUT2D eigenvalue weighted by molar-refractivity contribution is 5.81.